The largest absolute Gasteiger partial charge is 0.493 e. The fraction of sp³-hybridized carbons (Fsp3) is 0.333. The van der Waals surface area contributed by atoms with Crippen LogP contribution in [0.2, 0.25) is 0 Å². The van der Waals surface area contributed by atoms with Crippen molar-refractivity contribution < 1.29 is 37.0 Å². The van der Waals surface area contributed by atoms with Crippen molar-refractivity contribution in [2.75, 3.05) is 20.3 Å². The molecule has 196 valence electrons. The molecule has 0 amide bonds. The summed E-state index contributed by atoms with van der Waals surface area (Å²) in [4.78, 5) is 26.2. The Bertz CT molecular complexity index is 1420. The molecule has 0 aliphatic rings. The van der Waals surface area contributed by atoms with Crippen LogP contribution >= 0.6 is 0 Å². The first-order valence-corrected chi connectivity index (χ1v) is 11.9. The number of nitrogens with zero attached hydrogens (tertiary/aromatic N) is 1. The molecule has 0 atom stereocenters. The van der Waals surface area contributed by atoms with Gasteiger partial charge in [-0.2, -0.15) is 13.2 Å². The van der Waals surface area contributed by atoms with Crippen molar-refractivity contribution in [1.29, 1.82) is 0 Å². The molecule has 0 saturated carbocycles. The van der Waals surface area contributed by atoms with Crippen LogP contribution in [0.5, 0.6) is 11.5 Å². The van der Waals surface area contributed by atoms with Gasteiger partial charge >= 0.3 is 12.1 Å². The average molecular weight is 517 g/mol. The molecule has 2 aromatic carbocycles. The molecule has 4 rings (SSSR count). The quantitative estimate of drug-likeness (QED) is 0.154. The predicted molar refractivity (Wildman–Crippen MR) is 132 cm³/mol. The van der Waals surface area contributed by atoms with E-state index in [4.69, 9.17) is 14.2 Å². The number of aromatic amines is 1. The van der Waals surface area contributed by atoms with E-state index in [0.29, 0.717) is 43.1 Å². The van der Waals surface area contributed by atoms with Gasteiger partial charge in [-0.15, -0.1) is 0 Å². The van der Waals surface area contributed by atoms with Gasteiger partial charge in [0.05, 0.1) is 31.4 Å². The summed E-state index contributed by atoms with van der Waals surface area (Å²) in [5.74, 6) is -0.948. The summed E-state index contributed by atoms with van der Waals surface area (Å²) < 4.78 is 57.1. The Balaban J connectivity index is 1.37. The lowest BCUT2D eigenvalue weighted by atomic mass is 10.0. The van der Waals surface area contributed by atoms with E-state index in [-0.39, 0.29) is 17.9 Å². The second-order valence-corrected chi connectivity index (χ2v) is 8.53. The Kier molecular flexibility index (Phi) is 7.75. The number of aromatic nitrogens is 2. The molecule has 2 heterocycles. The molecule has 2 aromatic heterocycles. The summed E-state index contributed by atoms with van der Waals surface area (Å²) in [6.45, 7) is 2.83. The number of esters is 1. The summed E-state index contributed by atoms with van der Waals surface area (Å²) in [5.41, 5.74) is 1.72. The number of carbonyl (C=O) groups excluding carboxylic acids is 2. The van der Waals surface area contributed by atoms with Gasteiger partial charge in [-0.05, 0) is 42.8 Å². The first-order chi connectivity index (χ1) is 17.7. The van der Waals surface area contributed by atoms with Gasteiger partial charge in [0.25, 0.3) is 5.78 Å². The number of fused-ring (bicyclic) bond motifs is 2. The Hall–Kier alpha value is -3.95. The van der Waals surface area contributed by atoms with Crippen LogP contribution in [0.4, 0.5) is 13.2 Å². The molecule has 0 spiro atoms. The Morgan fingerprint density at radius 2 is 1.84 bits per heavy atom. The maximum atomic E-state index is 12.9. The van der Waals surface area contributed by atoms with Crippen molar-refractivity contribution in [2.45, 2.75) is 38.9 Å². The van der Waals surface area contributed by atoms with Crippen LogP contribution in [0.25, 0.3) is 21.8 Å². The Morgan fingerprint density at radius 3 is 2.57 bits per heavy atom. The van der Waals surface area contributed by atoms with Crippen molar-refractivity contribution in [3.63, 3.8) is 0 Å². The number of alkyl halides is 3. The van der Waals surface area contributed by atoms with Crippen LogP contribution < -0.4 is 9.47 Å². The molecule has 0 aliphatic heterocycles. The zero-order valence-electron chi connectivity index (χ0n) is 20.5. The van der Waals surface area contributed by atoms with Crippen molar-refractivity contribution in [3.8, 4) is 11.5 Å². The molecule has 4 aromatic rings. The SMILES string of the molecule is CCCc1c(OCCCOc2ccc3c(ccn3CC(=O)OC)c2)ccc2c(C(=O)C(F)(F)F)c[nH]c12. The fourth-order valence-electron chi connectivity index (χ4n) is 4.25. The van der Waals surface area contributed by atoms with Gasteiger partial charge in [-0.1, -0.05) is 13.3 Å². The first-order valence-electron chi connectivity index (χ1n) is 11.9. The van der Waals surface area contributed by atoms with Gasteiger partial charge in [0.2, 0.25) is 0 Å². The van der Waals surface area contributed by atoms with Crippen LogP contribution in [0.3, 0.4) is 0 Å². The minimum atomic E-state index is -4.94. The smallest absolute Gasteiger partial charge is 0.454 e. The number of methoxy groups -OCH3 is 1. The number of hydrogen-bond acceptors (Lipinski definition) is 5. The summed E-state index contributed by atoms with van der Waals surface area (Å²) in [6, 6.07) is 10.6. The van der Waals surface area contributed by atoms with E-state index in [9.17, 15) is 22.8 Å². The number of Topliss-reactive ketones (excluding diaryl/α,β-unsaturated/α-hetero) is 1. The second-order valence-electron chi connectivity index (χ2n) is 8.53. The standard InChI is InChI=1S/C27H27F3N2O5/c1-3-5-20-23(9-7-19-21(15-31-25(19)20)26(34)27(28,29)30)37-13-4-12-36-18-6-8-22-17(14-18)10-11-32(22)16-24(33)35-2/h6-11,14-15,31H,3-5,12-13,16H2,1-2H3. The van der Waals surface area contributed by atoms with Crippen LogP contribution in [0.1, 0.15) is 35.7 Å². The Labute approximate surface area is 211 Å². The lowest BCUT2D eigenvalue weighted by Crippen LogP contribution is -2.22. The molecule has 0 radical (unpaired) electrons. The van der Waals surface area contributed by atoms with Crippen LogP contribution in [0, 0.1) is 0 Å². The summed E-state index contributed by atoms with van der Waals surface area (Å²) in [7, 11) is 1.35. The lowest BCUT2D eigenvalue weighted by molar-refractivity contribution is -0.141. The van der Waals surface area contributed by atoms with Gasteiger partial charge in [-0.25, -0.2) is 0 Å². The Morgan fingerprint density at radius 1 is 1.05 bits per heavy atom. The van der Waals surface area contributed by atoms with Gasteiger partial charge in [-0.3, -0.25) is 9.59 Å². The number of rotatable bonds is 11. The number of hydrogen-bond donors (Lipinski definition) is 1. The number of nitrogens with one attached hydrogen (secondary N) is 1. The fourth-order valence-corrected chi connectivity index (χ4v) is 4.25. The highest BCUT2D eigenvalue weighted by Crippen LogP contribution is 2.33. The van der Waals surface area contributed by atoms with Gasteiger partial charge < -0.3 is 23.8 Å². The molecule has 0 bridgehead atoms. The molecule has 0 saturated heterocycles. The molecule has 10 heteroatoms. The van der Waals surface area contributed by atoms with Crippen LogP contribution in [-0.2, 0) is 22.5 Å². The van der Waals surface area contributed by atoms with Crippen molar-refractivity contribution in [3.05, 3.63) is 59.9 Å². The highest BCUT2D eigenvalue weighted by atomic mass is 19.4. The predicted octanol–water partition coefficient (Wildman–Crippen LogP) is 5.84. The number of benzene rings is 2. The van der Waals surface area contributed by atoms with E-state index in [1.807, 2.05) is 37.4 Å². The van der Waals surface area contributed by atoms with Gasteiger partial charge in [0.15, 0.2) is 0 Å². The van der Waals surface area contributed by atoms with Crippen LogP contribution in [-0.4, -0.2) is 47.8 Å². The first kappa shape index (κ1) is 26.1. The van der Waals surface area contributed by atoms with Gasteiger partial charge in [0, 0.05) is 40.7 Å². The third-order valence-corrected chi connectivity index (χ3v) is 6.01. The molecule has 37 heavy (non-hydrogen) atoms. The maximum absolute atomic E-state index is 12.9. The number of H-pyrrole nitrogens is 1. The summed E-state index contributed by atoms with van der Waals surface area (Å²) in [6.07, 6.45) is -0.100. The third-order valence-electron chi connectivity index (χ3n) is 6.01. The number of halogens is 3. The number of aryl methyl sites for hydroxylation is 1. The summed E-state index contributed by atoms with van der Waals surface area (Å²) in [5, 5.41) is 1.17. The number of ether oxygens (including phenoxy) is 3. The monoisotopic (exact) mass is 516 g/mol. The van der Waals surface area contributed by atoms with E-state index >= 15 is 0 Å². The van der Waals surface area contributed by atoms with Crippen molar-refractivity contribution in [2.24, 2.45) is 0 Å². The highest BCUT2D eigenvalue weighted by Gasteiger charge is 2.40. The molecular formula is C27H27F3N2O5. The molecule has 1 N–H and O–H groups in total. The zero-order valence-corrected chi connectivity index (χ0v) is 20.5. The van der Waals surface area contributed by atoms with E-state index < -0.39 is 17.5 Å². The van der Waals surface area contributed by atoms with E-state index in [1.54, 1.807) is 10.6 Å². The normalized spacial score (nSPS) is 11.7. The molecular weight excluding hydrogens is 489 g/mol. The highest BCUT2D eigenvalue weighted by molar-refractivity contribution is 6.11. The molecule has 0 aliphatic carbocycles. The molecule has 0 unspecified atom stereocenters. The summed E-state index contributed by atoms with van der Waals surface area (Å²) >= 11 is 0. The van der Waals surface area contributed by atoms with Gasteiger partial charge in [0.1, 0.15) is 18.0 Å². The third kappa shape index (κ3) is 5.73. The number of ketones is 1. The minimum absolute atomic E-state index is 0.131. The molecule has 0 fully saturated rings. The van der Waals surface area contributed by atoms with Crippen molar-refractivity contribution in [1.82, 2.24) is 9.55 Å². The lowest BCUT2D eigenvalue weighted by Gasteiger charge is -2.13. The second kappa shape index (κ2) is 11.0. The zero-order chi connectivity index (χ0) is 26.6. The van der Waals surface area contributed by atoms with E-state index in [1.165, 1.54) is 13.2 Å². The van der Waals surface area contributed by atoms with E-state index in [0.717, 1.165) is 29.1 Å². The molecule has 7 nitrogen and oxygen atoms in total. The van der Waals surface area contributed by atoms with E-state index in [2.05, 4.69) is 4.98 Å². The minimum Gasteiger partial charge on any atom is -0.493 e. The average Bonchev–Trinajstić information content (AvgIpc) is 3.48. The number of carbonyl (C=O) groups is 2. The maximum Gasteiger partial charge on any atom is 0.454 e. The van der Waals surface area contributed by atoms with Crippen LogP contribution in [0.15, 0.2) is 48.8 Å². The van der Waals surface area contributed by atoms with Crippen molar-refractivity contribution >= 4 is 33.6 Å². The topological polar surface area (TPSA) is 82.5 Å².